The molecule has 4 heteroatoms. The summed E-state index contributed by atoms with van der Waals surface area (Å²) in [7, 11) is 1.74. The van der Waals surface area contributed by atoms with Gasteiger partial charge in [-0.3, -0.25) is 9.69 Å². The molecule has 1 saturated heterocycles. The van der Waals surface area contributed by atoms with E-state index in [1.165, 1.54) is 19.4 Å². The Labute approximate surface area is 113 Å². The molecule has 0 spiro atoms. The quantitative estimate of drug-likeness (QED) is 0.711. The zero-order valence-corrected chi connectivity index (χ0v) is 12.9. The summed E-state index contributed by atoms with van der Waals surface area (Å²) in [5.74, 6) is 0. The molecule has 0 aromatic heterocycles. The van der Waals surface area contributed by atoms with Crippen molar-refractivity contribution in [2.24, 2.45) is 0 Å². The van der Waals surface area contributed by atoms with Crippen molar-refractivity contribution in [3.05, 3.63) is 0 Å². The van der Waals surface area contributed by atoms with E-state index in [9.17, 15) is 4.79 Å². The highest BCUT2D eigenvalue weighted by atomic mass is 16.5. The molecule has 0 radical (unpaired) electrons. The Balaban J connectivity index is 0. The fourth-order valence-corrected chi connectivity index (χ4v) is 1.28. The maximum absolute atomic E-state index is 9.66. The molecular weight excluding hydrogens is 228 g/mol. The molecule has 110 valence electrons. The van der Waals surface area contributed by atoms with Crippen LogP contribution in [0.25, 0.3) is 0 Å². The summed E-state index contributed by atoms with van der Waals surface area (Å²) in [6, 6.07) is 0. The number of morpholine rings is 1. The number of hydrogen-bond acceptors (Lipinski definition) is 3. The van der Waals surface area contributed by atoms with E-state index >= 15 is 0 Å². The highest BCUT2D eigenvalue weighted by molar-refractivity contribution is 5.45. The minimum absolute atomic E-state index is 0.795. The summed E-state index contributed by atoms with van der Waals surface area (Å²) < 4.78 is 5.24. The van der Waals surface area contributed by atoms with Crippen molar-refractivity contribution in [1.82, 2.24) is 9.80 Å². The molecular formula is C14H32N2O2. The summed E-state index contributed by atoms with van der Waals surface area (Å²) >= 11 is 0. The van der Waals surface area contributed by atoms with Crippen LogP contribution in [0.3, 0.4) is 0 Å². The number of carbonyl (C=O) groups is 1. The van der Waals surface area contributed by atoms with Gasteiger partial charge in [0.1, 0.15) is 0 Å². The van der Waals surface area contributed by atoms with Crippen LogP contribution in [0.15, 0.2) is 0 Å². The summed E-state index contributed by atoms with van der Waals surface area (Å²) in [6.45, 7) is 14.4. The van der Waals surface area contributed by atoms with Crippen molar-refractivity contribution < 1.29 is 9.53 Å². The Morgan fingerprint density at radius 2 is 1.78 bits per heavy atom. The molecule has 0 atom stereocenters. The maximum Gasteiger partial charge on any atom is 0.209 e. The average Bonchev–Trinajstić information content (AvgIpc) is 2.48. The maximum atomic E-state index is 9.66. The number of amides is 1. The predicted octanol–water partition coefficient (Wildman–Crippen LogP) is 2.24. The summed E-state index contributed by atoms with van der Waals surface area (Å²) in [6.07, 6.45) is 3.44. The third-order valence-electron chi connectivity index (χ3n) is 2.61. The van der Waals surface area contributed by atoms with Crippen LogP contribution in [0.5, 0.6) is 0 Å². The number of hydrogen-bond donors (Lipinski definition) is 0. The van der Waals surface area contributed by atoms with Gasteiger partial charge in [-0.1, -0.05) is 27.2 Å². The van der Waals surface area contributed by atoms with Crippen molar-refractivity contribution in [1.29, 1.82) is 0 Å². The van der Waals surface area contributed by atoms with Crippen molar-refractivity contribution in [3.8, 4) is 0 Å². The van der Waals surface area contributed by atoms with Crippen LogP contribution in [0.4, 0.5) is 0 Å². The molecule has 0 N–H and O–H groups in total. The molecule has 1 aliphatic heterocycles. The summed E-state index contributed by atoms with van der Waals surface area (Å²) in [5, 5.41) is 0. The van der Waals surface area contributed by atoms with Crippen LogP contribution in [-0.2, 0) is 9.53 Å². The van der Waals surface area contributed by atoms with Crippen LogP contribution >= 0.6 is 0 Å². The van der Waals surface area contributed by atoms with Crippen molar-refractivity contribution in [3.63, 3.8) is 0 Å². The highest BCUT2D eigenvalue weighted by Crippen LogP contribution is 1.98. The Morgan fingerprint density at radius 1 is 1.22 bits per heavy atom. The Hall–Kier alpha value is -0.610. The predicted molar refractivity (Wildman–Crippen MR) is 77.9 cm³/mol. The van der Waals surface area contributed by atoms with Crippen molar-refractivity contribution >= 4 is 6.41 Å². The molecule has 1 heterocycles. The van der Waals surface area contributed by atoms with Gasteiger partial charge in [0.05, 0.1) is 13.2 Å². The van der Waals surface area contributed by atoms with Gasteiger partial charge in [0.25, 0.3) is 0 Å². The molecule has 0 bridgehead atoms. The van der Waals surface area contributed by atoms with Crippen LogP contribution in [-0.4, -0.2) is 62.7 Å². The van der Waals surface area contributed by atoms with Gasteiger partial charge in [-0.05, 0) is 19.9 Å². The van der Waals surface area contributed by atoms with E-state index in [1.807, 2.05) is 20.8 Å². The Kier molecular flexibility index (Phi) is 18.0. The molecule has 0 unspecified atom stereocenters. The monoisotopic (exact) mass is 260 g/mol. The van der Waals surface area contributed by atoms with E-state index in [2.05, 4.69) is 11.8 Å². The largest absolute Gasteiger partial charge is 0.379 e. The molecule has 4 nitrogen and oxygen atoms in total. The lowest BCUT2D eigenvalue weighted by Crippen LogP contribution is -2.36. The molecule has 1 rings (SSSR count). The zero-order valence-electron chi connectivity index (χ0n) is 12.9. The Morgan fingerprint density at radius 3 is 2.11 bits per heavy atom. The van der Waals surface area contributed by atoms with Gasteiger partial charge >= 0.3 is 0 Å². The van der Waals surface area contributed by atoms with Crippen molar-refractivity contribution in [2.75, 3.05) is 46.4 Å². The second-order valence-corrected chi connectivity index (χ2v) is 3.99. The fourth-order valence-electron chi connectivity index (χ4n) is 1.28. The SMILES string of the molecule is CC.CCCCN1CCOCC1.CCN(C)C=O. The van der Waals surface area contributed by atoms with E-state index in [0.717, 1.165) is 39.3 Å². The van der Waals surface area contributed by atoms with E-state index in [1.54, 1.807) is 11.9 Å². The van der Waals surface area contributed by atoms with Gasteiger partial charge in [0, 0.05) is 26.7 Å². The normalized spacial score (nSPS) is 14.7. The van der Waals surface area contributed by atoms with Gasteiger partial charge in [-0.25, -0.2) is 0 Å². The van der Waals surface area contributed by atoms with Crippen molar-refractivity contribution in [2.45, 2.75) is 40.5 Å². The second-order valence-electron chi connectivity index (χ2n) is 3.99. The van der Waals surface area contributed by atoms with Crippen LogP contribution in [0, 0.1) is 0 Å². The minimum Gasteiger partial charge on any atom is -0.379 e. The number of ether oxygens (including phenoxy) is 1. The van der Waals surface area contributed by atoms with Crippen LogP contribution in [0.1, 0.15) is 40.5 Å². The second kappa shape index (κ2) is 16.4. The fraction of sp³-hybridized carbons (Fsp3) is 0.929. The highest BCUT2D eigenvalue weighted by Gasteiger charge is 2.07. The minimum atomic E-state index is 0.795. The number of nitrogens with zero attached hydrogens (tertiary/aromatic N) is 2. The summed E-state index contributed by atoms with van der Waals surface area (Å²) in [4.78, 5) is 13.7. The molecule has 0 aromatic carbocycles. The first-order chi connectivity index (χ1) is 8.74. The van der Waals surface area contributed by atoms with Gasteiger partial charge in [0.2, 0.25) is 6.41 Å². The average molecular weight is 260 g/mol. The lowest BCUT2D eigenvalue weighted by atomic mass is 10.3. The summed E-state index contributed by atoms with van der Waals surface area (Å²) in [5.41, 5.74) is 0. The van der Waals surface area contributed by atoms with Gasteiger partial charge in [-0.2, -0.15) is 0 Å². The number of unbranched alkanes of at least 4 members (excludes halogenated alkanes) is 1. The van der Waals surface area contributed by atoms with Gasteiger partial charge < -0.3 is 9.64 Å². The van der Waals surface area contributed by atoms with Crippen LogP contribution in [0.2, 0.25) is 0 Å². The zero-order chi connectivity index (χ0) is 14.2. The van der Waals surface area contributed by atoms with E-state index < -0.39 is 0 Å². The molecule has 1 amide bonds. The lowest BCUT2D eigenvalue weighted by Gasteiger charge is -2.26. The first kappa shape index (κ1) is 19.7. The molecule has 0 aliphatic carbocycles. The van der Waals surface area contributed by atoms with E-state index in [0.29, 0.717) is 0 Å². The Bertz CT molecular complexity index is 160. The molecule has 1 fully saturated rings. The number of carbonyl (C=O) groups excluding carboxylic acids is 1. The first-order valence-corrected chi connectivity index (χ1v) is 7.20. The molecule has 18 heavy (non-hydrogen) atoms. The topological polar surface area (TPSA) is 32.8 Å². The van der Waals surface area contributed by atoms with Gasteiger partial charge in [-0.15, -0.1) is 0 Å². The molecule has 0 saturated carbocycles. The first-order valence-electron chi connectivity index (χ1n) is 7.20. The van der Waals surface area contributed by atoms with E-state index in [4.69, 9.17) is 4.74 Å². The smallest absolute Gasteiger partial charge is 0.209 e. The molecule has 0 aromatic rings. The molecule has 1 aliphatic rings. The van der Waals surface area contributed by atoms with Crippen LogP contribution < -0.4 is 0 Å². The standard InChI is InChI=1S/C8H17NO.C4H9NO.C2H6/c1-2-3-4-9-5-7-10-8-6-9;1-3-5(2)4-6;1-2/h2-8H2,1H3;4H,3H2,1-2H3;1-2H3. The van der Waals surface area contributed by atoms with E-state index in [-0.39, 0.29) is 0 Å². The van der Waals surface area contributed by atoms with Gasteiger partial charge in [0.15, 0.2) is 0 Å². The lowest BCUT2D eigenvalue weighted by molar-refractivity contribution is -0.116. The number of rotatable bonds is 5. The third kappa shape index (κ3) is 13.5. The third-order valence-corrected chi connectivity index (χ3v) is 2.61.